The number of piperazine rings is 1. The van der Waals surface area contributed by atoms with Gasteiger partial charge in [-0.2, -0.15) is 9.40 Å². The van der Waals surface area contributed by atoms with E-state index < -0.39 is 14.9 Å². The van der Waals surface area contributed by atoms with Gasteiger partial charge in [-0.05, 0) is 13.0 Å². The molecule has 2 aromatic rings. The summed E-state index contributed by atoms with van der Waals surface area (Å²) in [5.74, 6) is 0. The van der Waals surface area contributed by atoms with Gasteiger partial charge in [0.1, 0.15) is 5.15 Å². The summed E-state index contributed by atoms with van der Waals surface area (Å²) >= 11 is 6.27. The Morgan fingerprint density at radius 2 is 1.93 bits per heavy atom. The van der Waals surface area contributed by atoms with E-state index in [9.17, 15) is 18.5 Å². The third-order valence-electron chi connectivity index (χ3n) is 4.65. The molecule has 2 heterocycles. The number of benzene rings is 1. The molecule has 27 heavy (non-hydrogen) atoms. The quantitative estimate of drug-likeness (QED) is 0.547. The maximum Gasteiger partial charge on any atom is 0.270 e. The molecule has 1 aromatic heterocycles. The summed E-state index contributed by atoms with van der Waals surface area (Å²) in [6, 6.07) is 5.14. The number of halogens is 1. The van der Waals surface area contributed by atoms with E-state index >= 15 is 0 Å². The summed E-state index contributed by atoms with van der Waals surface area (Å²) in [6.45, 7) is 4.19. The number of nitro groups is 1. The van der Waals surface area contributed by atoms with Crippen LogP contribution in [0.25, 0.3) is 0 Å². The molecule has 0 spiro atoms. The van der Waals surface area contributed by atoms with Crippen molar-refractivity contribution >= 4 is 27.3 Å². The molecule has 11 heteroatoms. The van der Waals surface area contributed by atoms with Crippen LogP contribution < -0.4 is 0 Å². The molecule has 0 radical (unpaired) electrons. The molecular weight excluding hydrogens is 394 g/mol. The monoisotopic (exact) mass is 413 g/mol. The Morgan fingerprint density at radius 1 is 1.26 bits per heavy atom. The van der Waals surface area contributed by atoms with Crippen molar-refractivity contribution in [3.8, 4) is 0 Å². The van der Waals surface area contributed by atoms with E-state index in [2.05, 4.69) is 10.00 Å². The van der Waals surface area contributed by atoms with E-state index in [0.717, 1.165) is 17.3 Å². The number of nitrogens with zero attached hydrogens (tertiary/aromatic N) is 5. The van der Waals surface area contributed by atoms with Crippen LogP contribution in [-0.4, -0.2) is 58.5 Å². The first-order valence-corrected chi connectivity index (χ1v) is 10.2. The van der Waals surface area contributed by atoms with Crippen molar-refractivity contribution in [2.24, 2.45) is 7.05 Å². The van der Waals surface area contributed by atoms with Gasteiger partial charge in [-0.25, -0.2) is 8.42 Å². The number of hydrogen-bond donors (Lipinski definition) is 0. The van der Waals surface area contributed by atoms with Crippen LogP contribution in [0.5, 0.6) is 0 Å². The number of aromatic nitrogens is 2. The van der Waals surface area contributed by atoms with Gasteiger partial charge in [0.05, 0.1) is 15.5 Å². The fourth-order valence-electron chi connectivity index (χ4n) is 3.11. The molecule has 0 bridgehead atoms. The minimum Gasteiger partial charge on any atom is -0.296 e. The Balaban J connectivity index is 1.69. The Labute approximate surface area is 162 Å². The topological polar surface area (TPSA) is 102 Å². The van der Waals surface area contributed by atoms with E-state index in [1.807, 2.05) is 6.92 Å². The van der Waals surface area contributed by atoms with Crippen LogP contribution in [0.1, 0.15) is 11.3 Å². The first-order chi connectivity index (χ1) is 12.7. The Bertz CT molecular complexity index is 967. The lowest BCUT2D eigenvalue weighted by Crippen LogP contribution is -2.48. The van der Waals surface area contributed by atoms with E-state index in [1.54, 1.807) is 11.7 Å². The molecular formula is C16H20ClN5O4S. The van der Waals surface area contributed by atoms with Crippen molar-refractivity contribution in [1.29, 1.82) is 0 Å². The Kier molecular flexibility index (Phi) is 5.52. The highest BCUT2D eigenvalue weighted by molar-refractivity contribution is 7.89. The first-order valence-electron chi connectivity index (χ1n) is 8.35. The molecule has 0 N–H and O–H groups in total. The summed E-state index contributed by atoms with van der Waals surface area (Å²) in [7, 11) is -1.99. The van der Waals surface area contributed by atoms with E-state index in [0.29, 0.717) is 37.9 Å². The average molecular weight is 414 g/mol. The molecule has 0 atom stereocenters. The molecule has 1 aromatic carbocycles. The van der Waals surface area contributed by atoms with Crippen molar-refractivity contribution in [2.75, 3.05) is 26.2 Å². The summed E-state index contributed by atoms with van der Waals surface area (Å²) in [5, 5.41) is 15.8. The zero-order valence-electron chi connectivity index (χ0n) is 15.0. The lowest BCUT2D eigenvalue weighted by atomic mass is 10.2. The molecule has 0 saturated carbocycles. The fourth-order valence-corrected chi connectivity index (χ4v) is 4.81. The second-order valence-electron chi connectivity index (χ2n) is 6.41. The van der Waals surface area contributed by atoms with Crippen LogP contribution in [0, 0.1) is 17.0 Å². The maximum absolute atomic E-state index is 12.8. The number of non-ortho nitro benzene ring substituents is 1. The smallest absolute Gasteiger partial charge is 0.270 e. The predicted molar refractivity (Wildman–Crippen MR) is 100 cm³/mol. The Hall–Kier alpha value is -2.01. The third-order valence-corrected chi connectivity index (χ3v) is 7.02. The average Bonchev–Trinajstić information content (AvgIpc) is 2.88. The molecule has 9 nitrogen and oxygen atoms in total. The Morgan fingerprint density at radius 3 is 2.48 bits per heavy atom. The summed E-state index contributed by atoms with van der Waals surface area (Å²) in [5.41, 5.74) is 1.56. The van der Waals surface area contributed by atoms with Gasteiger partial charge in [0.25, 0.3) is 5.69 Å². The van der Waals surface area contributed by atoms with Gasteiger partial charge in [0.15, 0.2) is 0 Å². The molecule has 1 fully saturated rings. The number of rotatable bonds is 5. The molecule has 146 valence electrons. The normalized spacial score (nSPS) is 16.6. The molecule has 0 amide bonds. The predicted octanol–water partition coefficient (Wildman–Crippen LogP) is 1.80. The van der Waals surface area contributed by atoms with E-state index in [-0.39, 0.29) is 10.6 Å². The largest absolute Gasteiger partial charge is 0.296 e. The second-order valence-corrected chi connectivity index (χ2v) is 8.71. The SMILES string of the molecule is Cc1nn(C)c(Cl)c1CN1CCN(S(=O)(=O)c2cccc([N+](=O)[O-])c2)CC1. The fraction of sp³-hybridized carbons (Fsp3) is 0.438. The second kappa shape index (κ2) is 7.55. The lowest BCUT2D eigenvalue weighted by molar-refractivity contribution is -0.385. The zero-order chi connectivity index (χ0) is 19.8. The van der Waals surface area contributed by atoms with Gasteiger partial charge in [0, 0.05) is 57.5 Å². The summed E-state index contributed by atoms with van der Waals surface area (Å²) in [6.07, 6.45) is 0. The highest BCUT2D eigenvalue weighted by atomic mass is 35.5. The van der Waals surface area contributed by atoms with Crippen LogP contribution in [0.4, 0.5) is 5.69 Å². The minimum atomic E-state index is -3.77. The van der Waals surface area contributed by atoms with Crippen LogP contribution >= 0.6 is 11.6 Å². The number of hydrogen-bond acceptors (Lipinski definition) is 6. The van der Waals surface area contributed by atoms with Gasteiger partial charge in [-0.15, -0.1) is 0 Å². The van der Waals surface area contributed by atoms with Gasteiger partial charge < -0.3 is 0 Å². The highest BCUT2D eigenvalue weighted by Gasteiger charge is 2.30. The van der Waals surface area contributed by atoms with Gasteiger partial charge in [0.2, 0.25) is 10.0 Å². The van der Waals surface area contributed by atoms with Crippen LogP contribution in [0.15, 0.2) is 29.2 Å². The number of nitro benzene ring substituents is 1. The number of sulfonamides is 1. The van der Waals surface area contributed by atoms with Crippen molar-refractivity contribution in [3.05, 3.63) is 50.8 Å². The van der Waals surface area contributed by atoms with Crippen LogP contribution in [-0.2, 0) is 23.6 Å². The van der Waals surface area contributed by atoms with Gasteiger partial charge >= 0.3 is 0 Å². The summed E-state index contributed by atoms with van der Waals surface area (Å²) < 4.78 is 28.6. The van der Waals surface area contributed by atoms with Crippen LogP contribution in [0.3, 0.4) is 0 Å². The lowest BCUT2D eigenvalue weighted by Gasteiger charge is -2.33. The highest BCUT2D eigenvalue weighted by Crippen LogP contribution is 2.24. The summed E-state index contributed by atoms with van der Waals surface area (Å²) in [4.78, 5) is 12.4. The third kappa shape index (κ3) is 3.98. The molecule has 3 rings (SSSR count). The maximum atomic E-state index is 12.8. The van der Waals surface area contributed by atoms with Crippen LogP contribution in [0.2, 0.25) is 5.15 Å². The molecule has 0 unspecified atom stereocenters. The van der Waals surface area contributed by atoms with Gasteiger partial charge in [-0.1, -0.05) is 17.7 Å². The van der Waals surface area contributed by atoms with E-state index in [4.69, 9.17) is 11.6 Å². The first kappa shape index (κ1) is 19.7. The molecule has 1 aliphatic rings. The molecule has 0 aliphatic carbocycles. The van der Waals surface area contributed by atoms with Crippen molar-refractivity contribution in [3.63, 3.8) is 0 Å². The zero-order valence-corrected chi connectivity index (χ0v) is 16.6. The number of aryl methyl sites for hydroxylation is 2. The molecule has 1 aliphatic heterocycles. The minimum absolute atomic E-state index is 0.0590. The van der Waals surface area contributed by atoms with Crippen molar-refractivity contribution in [1.82, 2.24) is 19.0 Å². The van der Waals surface area contributed by atoms with Crippen molar-refractivity contribution in [2.45, 2.75) is 18.4 Å². The molecule has 1 saturated heterocycles. The standard InChI is InChI=1S/C16H20ClN5O4S/c1-12-15(16(17)19(2)18-12)11-20-6-8-21(9-7-20)27(25,26)14-5-3-4-13(10-14)22(23)24/h3-5,10H,6-9,11H2,1-2H3. The van der Waals surface area contributed by atoms with Gasteiger partial charge in [-0.3, -0.25) is 19.7 Å². The van der Waals surface area contributed by atoms with E-state index in [1.165, 1.54) is 22.5 Å². The van der Waals surface area contributed by atoms with Crippen molar-refractivity contribution < 1.29 is 13.3 Å².